The maximum atomic E-state index is 13.8. The summed E-state index contributed by atoms with van der Waals surface area (Å²) in [5.41, 5.74) is 1.14. The number of likely N-dealkylation sites (tertiary alicyclic amines) is 4. The number of sulfonamides is 1. The predicted octanol–water partition coefficient (Wildman–Crippen LogP) is 16.8. The van der Waals surface area contributed by atoms with Crippen LogP contribution in [0, 0.1) is 42.5 Å². The van der Waals surface area contributed by atoms with Gasteiger partial charge in [-0.2, -0.15) is 83.4 Å². The Morgan fingerprint density at radius 3 is 0.961 bits per heavy atom. The first-order valence-corrected chi connectivity index (χ1v) is 42.8. The van der Waals surface area contributed by atoms with Crippen LogP contribution in [0.3, 0.4) is 0 Å². The van der Waals surface area contributed by atoms with Crippen LogP contribution in [-0.2, 0) is 88.0 Å². The van der Waals surface area contributed by atoms with Gasteiger partial charge in [0.15, 0.2) is 0 Å². The minimum atomic E-state index is -4.93. The highest BCUT2D eigenvalue weighted by atomic mass is 35.5. The predicted molar refractivity (Wildman–Crippen MR) is 426 cm³/mol. The van der Waals surface area contributed by atoms with Crippen molar-refractivity contribution in [2.24, 2.45) is 35.3 Å². The van der Waals surface area contributed by atoms with Gasteiger partial charge < -0.3 is 52.9 Å². The standard InChI is InChI=1S/C19H25F3N4O2.C15H13ClF6N4O.C15H16ClF3N4O.C14H15ClF3N5O.C14H16F4N4O2S/c1-12-15-14(19(20,21)22)10-26(16(15)24-11-23-12)9-13-5-7-25(8-6-13)17(27)28-18(2,3)4;16-11-10-9(14(17,18)19)6-26(12(10)24-7-23-11)5-8-1-3-25(4-2-8)13(27)15(20,21)22;1-9(24)22-4-2-10(3-5-22)6-23-7-11(15(17,18)19)12-13(16)20-8-21-14(12)23;15-11-10-9(14(16,17)18)6-23(12(10)21-7-20-11)5-8-1-3-22(4-2-8)13(19)24;1-25(23,24)22-4-2-9(3-5-22)6-21-7-10(14(16,17)18)11-12(15)19-8-20-13(11)21/h10-11,13H,5-9H2,1-4H3;6-8H,1-5H2;7-8,10H,2-6H2,1H3;6-8H,1-5H2,(H2,19,24);7-9H,2-6H2,1H3. The molecule has 0 atom stereocenters. The normalized spacial score (nSPS) is 17.0. The SMILES string of the molecule is CC(=O)N1CCC(Cn2cc(C(F)(F)F)c3c(Cl)ncnc32)CC1.CS(=O)(=O)N1CCC(Cn2cc(C(F)(F)F)c3c(F)ncnc32)CC1.Cc1ncnc2c1c(C(F)(F)F)cn2CC1CCN(C(=O)OC(C)(C)C)CC1.NC(=O)N1CCC(Cn2cc(C(F)(F)F)c3c(Cl)ncnc32)CC1.O=C(N1CCC(Cn2cc(C(F)(F)F)c3c(Cl)ncnc32)CC1)C(F)(F)F. The largest absolute Gasteiger partial charge is 0.471 e. The third-order valence-corrected chi connectivity index (χ3v) is 24.7. The number of alkyl halides is 18. The van der Waals surface area contributed by atoms with Gasteiger partial charge in [-0.3, -0.25) is 9.59 Å². The van der Waals surface area contributed by atoms with E-state index in [-0.39, 0.29) is 140 Å². The van der Waals surface area contributed by atoms with Gasteiger partial charge in [0.1, 0.15) is 80.9 Å². The first-order valence-electron chi connectivity index (χ1n) is 39.8. The van der Waals surface area contributed by atoms with Gasteiger partial charge in [0.25, 0.3) is 0 Å². The van der Waals surface area contributed by atoms with Gasteiger partial charge in [-0.05, 0) is 121 Å². The number of nitrogens with zero attached hydrogens (tertiary/aromatic N) is 20. The molecule has 700 valence electrons. The van der Waals surface area contributed by atoms with E-state index in [1.807, 2.05) is 20.8 Å². The van der Waals surface area contributed by atoms with Gasteiger partial charge in [-0.1, -0.05) is 34.8 Å². The highest BCUT2D eigenvalue weighted by Gasteiger charge is 2.46. The number of carbonyl (C=O) groups is 4. The Morgan fingerprint density at radius 2 is 0.664 bits per heavy atom. The van der Waals surface area contributed by atoms with Crippen molar-refractivity contribution in [3.63, 3.8) is 0 Å². The summed E-state index contributed by atoms with van der Waals surface area (Å²) in [6.07, 6.45) is -10.8. The Hall–Kier alpha value is -9.97. The number of rotatable bonds is 11. The number of piperidine rings is 5. The Labute approximate surface area is 731 Å². The Morgan fingerprint density at radius 1 is 0.398 bits per heavy atom. The lowest BCUT2D eigenvalue weighted by atomic mass is 9.96. The highest BCUT2D eigenvalue weighted by molar-refractivity contribution is 7.88. The monoisotopic (exact) mass is 1910 g/mol. The summed E-state index contributed by atoms with van der Waals surface area (Å²) in [6.45, 7) is 13.8. The molecule has 15 rings (SSSR count). The molecule has 28 nitrogen and oxygen atoms in total. The van der Waals surface area contributed by atoms with Gasteiger partial charge in [0.05, 0.1) is 66.7 Å². The topological polar surface area (TPSA) is 307 Å². The number of amides is 5. The fourth-order valence-electron chi connectivity index (χ4n) is 16.1. The molecule has 5 saturated heterocycles. The lowest BCUT2D eigenvalue weighted by Crippen LogP contribution is -2.45. The van der Waals surface area contributed by atoms with Crippen LogP contribution >= 0.6 is 34.8 Å². The van der Waals surface area contributed by atoms with Crippen molar-refractivity contribution >= 4 is 124 Å². The van der Waals surface area contributed by atoms with Crippen molar-refractivity contribution < 1.29 is 116 Å². The number of ether oxygens (including phenoxy) is 1. The number of carbonyl (C=O) groups excluding carboxylic acids is 4. The summed E-state index contributed by atoms with van der Waals surface area (Å²) in [6, 6.07) is -0.473. The number of aryl methyl sites for hydroxylation is 1. The van der Waals surface area contributed by atoms with Gasteiger partial charge in [-0.15, -0.1) is 0 Å². The van der Waals surface area contributed by atoms with E-state index in [2.05, 4.69) is 49.8 Å². The van der Waals surface area contributed by atoms with E-state index in [9.17, 15) is 111 Å². The van der Waals surface area contributed by atoms with Crippen LogP contribution in [0.15, 0.2) is 62.6 Å². The molecular weight excluding hydrogens is 1830 g/mol. The van der Waals surface area contributed by atoms with E-state index in [4.69, 9.17) is 45.3 Å². The number of urea groups is 1. The molecule has 10 aromatic rings. The van der Waals surface area contributed by atoms with E-state index in [1.54, 1.807) is 21.3 Å². The smallest absolute Gasteiger partial charge is 0.444 e. The molecule has 128 heavy (non-hydrogen) atoms. The number of nitrogens with two attached hydrogens (primary N) is 1. The van der Waals surface area contributed by atoms with E-state index in [0.29, 0.717) is 127 Å². The lowest BCUT2D eigenvalue weighted by molar-refractivity contribution is -0.186. The van der Waals surface area contributed by atoms with Crippen LogP contribution in [-0.4, -0.2) is 212 Å². The van der Waals surface area contributed by atoms with Crippen molar-refractivity contribution in [1.82, 2.24) is 96.6 Å². The van der Waals surface area contributed by atoms with Crippen molar-refractivity contribution in [2.45, 2.75) is 174 Å². The molecule has 0 spiro atoms. The fourth-order valence-corrected chi connectivity index (χ4v) is 17.7. The second-order valence-corrected chi connectivity index (χ2v) is 35.6. The van der Waals surface area contributed by atoms with Crippen molar-refractivity contribution in [3.8, 4) is 0 Å². The number of fused-ring (bicyclic) bond motifs is 5. The Kier molecular flexibility index (Phi) is 30.0. The van der Waals surface area contributed by atoms with Crippen molar-refractivity contribution in [2.75, 3.05) is 71.7 Å². The molecule has 51 heteroatoms. The molecule has 0 unspecified atom stereocenters. The molecule has 0 bridgehead atoms. The fraction of sp³-hybridized carbons (Fsp3) is 0.558. The molecule has 0 saturated carbocycles. The summed E-state index contributed by atoms with van der Waals surface area (Å²) >= 11 is 17.5. The average Bonchev–Trinajstić information content (AvgIpc) is 1.63. The van der Waals surface area contributed by atoms with E-state index in [1.165, 1.54) is 47.1 Å². The zero-order valence-electron chi connectivity index (χ0n) is 68.9. The van der Waals surface area contributed by atoms with Crippen LogP contribution < -0.4 is 5.73 Å². The molecule has 5 fully saturated rings. The number of primary amides is 1. The number of hydrogen-bond donors (Lipinski definition) is 1. The second-order valence-electron chi connectivity index (χ2n) is 32.5. The van der Waals surface area contributed by atoms with Gasteiger partial charge in [-0.25, -0.2) is 72.2 Å². The average molecular weight is 1920 g/mol. The summed E-state index contributed by atoms with van der Waals surface area (Å²) in [5, 5.41) is -1.96. The van der Waals surface area contributed by atoms with Crippen LogP contribution in [0.4, 0.5) is 93.0 Å². The zero-order chi connectivity index (χ0) is 94.0. The molecule has 15 heterocycles. The molecule has 5 aliphatic rings. The molecule has 5 amide bonds. The molecule has 0 radical (unpaired) electrons. The number of aromatic nitrogens is 15. The van der Waals surface area contributed by atoms with Crippen molar-refractivity contribution in [3.05, 3.63) is 118 Å². The minimum Gasteiger partial charge on any atom is -0.444 e. The summed E-state index contributed by atoms with van der Waals surface area (Å²) in [7, 11) is -3.27. The zero-order valence-corrected chi connectivity index (χ0v) is 72.0. The van der Waals surface area contributed by atoms with Crippen LogP contribution in [0.2, 0.25) is 15.5 Å². The third-order valence-electron chi connectivity index (χ3n) is 22.5. The molecule has 0 aromatic carbocycles. The second kappa shape index (κ2) is 39.0. The van der Waals surface area contributed by atoms with Gasteiger partial charge >= 0.3 is 55.1 Å². The maximum absolute atomic E-state index is 13.8. The quantitative estimate of drug-likeness (QED) is 0.0929. The molecule has 0 aliphatic carbocycles. The summed E-state index contributed by atoms with van der Waals surface area (Å²) in [5.74, 6) is -2.82. The van der Waals surface area contributed by atoms with Gasteiger partial charge in [0.2, 0.25) is 21.9 Å². The summed E-state index contributed by atoms with van der Waals surface area (Å²) < 4.78 is 287. The minimum absolute atomic E-state index is 0.0103. The Balaban J connectivity index is 0.000000155. The Bertz CT molecular complexity index is 5620. The lowest BCUT2D eigenvalue weighted by Gasteiger charge is -2.33. The molecular formula is C77H85Cl3F19N21O7S. The molecule has 10 aromatic heterocycles. The number of halogens is 22. The van der Waals surface area contributed by atoms with Crippen LogP contribution in [0.1, 0.15) is 125 Å². The van der Waals surface area contributed by atoms with E-state index >= 15 is 0 Å². The molecule has 2 N–H and O–H groups in total. The number of hydrogen-bond acceptors (Lipinski definition) is 17. The first-order chi connectivity index (χ1) is 59.5. The van der Waals surface area contributed by atoms with Crippen molar-refractivity contribution in [1.29, 1.82) is 0 Å². The van der Waals surface area contributed by atoms with Gasteiger partial charge in [0, 0.05) is 136 Å². The van der Waals surface area contributed by atoms with Crippen LogP contribution in [0.5, 0.6) is 0 Å². The first kappa shape index (κ1) is 98.6. The third kappa shape index (κ3) is 24.0. The highest BCUT2D eigenvalue weighted by Crippen LogP contribution is 2.45. The van der Waals surface area contributed by atoms with E-state index < -0.39 is 104 Å². The van der Waals surface area contributed by atoms with E-state index in [0.717, 1.165) is 69.1 Å². The maximum Gasteiger partial charge on any atom is 0.471 e. The van der Waals surface area contributed by atoms with Crippen LogP contribution in [0.25, 0.3) is 55.2 Å². The summed E-state index contributed by atoms with van der Waals surface area (Å²) in [4.78, 5) is 89.3. The molecule has 5 aliphatic heterocycles.